The average Bonchev–Trinajstić information content (AvgIpc) is 3.22. The fourth-order valence-corrected chi connectivity index (χ4v) is 6.99. The molecule has 1 fully saturated rings. The summed E-state index contributed by atoms with van der Waals surface area (Å²) in [6.07, 6.45) is 4.35. The number of hydrogen-bond donors (Lipinski definition) is 1. The van der Waals surface area contributed by atoms with E-state index in [1.807, 2.05) is 38.1 Å². The van der Waals surface area contributed by atoms with Crippen LogP contribution in [0.2, 0.25) is 0 Å². The molecule has 32 heavy (non-hydrogen) atoms. The van der Waals surface area contributed by atoms with Gasteiger partial charge in [0.1, 0.15) is 17.9 Å². The molecule has 2 aromatic rings. The highest BCUT2D eigenvalue weighted by molar-refractivity contribution is 9.10. The summed E-state index contributed by atoms with van der Waals surface area (Å²) in [5.74, 6) is -0.478. The molecule has 172 valence electrons. The van der Waals surface area contributed by atoms with E-state index in [0.717, 1.165) is 34.9 Å². The number of ether oxygens (including phenoxy) is 1. The third-order valence-corrected chi connectivity index (χ3v) is 9.01. The van der Waals surface area contributed by atoms with Gasteiger partial charge >= 0.3 is 5.97 Å². The molecule has 0 aromatic heterocycles. The molecule has 0 radical (unpaired) electrons. The van der Waals surface area contributed by atoms with Crippen molar-refractivity contribution in [3.05, 3.63) is 58.1 Å². The van der Waals surface area contributed by atoms with Crippen molar-refractivity contribution in [2.45, 2.75) is 68.4 Å². The predicted molar refractivity (Wildman–Crippen MR) is 125 cm³/mol. The van der Waals surface area contributed by atoms with E-state index in [9.17, 15) is 18.3 Å². The van der Waals surface area contributed by atoms with Crippen LogP contribution in [0.4, 0.5) is 0 Å². The molecule has 2 aliphatic rings. The molecule has 1 aliphatic carbocycles. The SMILES string of the molecule is CC1(C)CCc2cc(S(=O)(=O)N(CC(=O)O)C3(c4ccc(Br)cc4)CCCC3)ccc2O1. The van der Waals surface area contributed by atoms with Gasteiger partial charge in [0.2, 0.25) is 10.0 Å². The Morgan fingerprint density at radius 1 is 1.09 bits per heavy atom. The van der Waals surface area contributed by atoms with Crippen molar-refractivity contribution < 1.29 is 23.1 Å². The summed E-state index contributed by atoms with van der Waals surface area (Å²) in [5.41, 5.74) is 0.487. The highest BCUT2D eigenvalue weighted by Crippen LogP contribution is 2.47. The van der Waals surface area contributed by atoms with Gasteiger partial charge in [-0.05, 0) is 81.0 Å². The molecule has 1 heterocycles. The Morgan fingerprint density at radius 3 is 2.38 bits per heavy atom. The predicted octanol–water partition coefficient (Wildman–Crippen LogP) is 5.10. The summed E-state index contributed by atoms with van der Waals surface area (Å²) in [5, 5.41) is 9.68. The monoisotopic (exact) mass is 521 g/mol. The molecule has 2 aromatic carbocycles. The summed E-state index contributed by atoms with van der Waals surface area (Å²) in [6, 6.07) is 12.4. The lowest BCUT2D eigenvalue weighted by molar-refractivity contribution is -0.138. The van der Waals surface area contributed by atoms with E-state index in [-0.39, 0.29) is 10.5 Å². The van der Waals surface area contributed by atoms with Gasteiger partial charge in [-0.15, -0.1) is 0 Å². The lowest BCUT2D eigenvalue weighted by Gasteiger charge is -2.40. The van der Waals surface area contributed by atoms with Crippen LogP contribution >= 0.6 is 15.9 Å². The van der Waals surface area contributed by atoms with Gasteiger partial charge in [-0.2, -0.15) is 4.31 Å². The second-order valence-corrected chi connectivity index (χ2v) is 12.1. The highest BCUT2D eigenvalue weighted by Gasteiger charge is 2.48. The Labute approximate surface area is 197 Å². The Kier molecular flexibility index (Phi) is 6.15. The number of carboxylic acids is 1. The van der Waals surface area contributed by atoms with Crippen molar-refractivity contribution in [1.82, 2.24) is 4.31 Å². The van der Waals surface area contributed by atoms with Crippen molar-refractivity contribution in [2.75, 3.05) is 6.54 Å². The van der Waals surface area contributed by atoms with Gasteiger partial charge in [0.15, 0.2) is 0 Å². The van der Waals surface area contributed by atoms with Gasteiger partial charge in [-0.1, -0.05) is 40.9 Å². The van der Waals surface area contributed by atoms with Crippen LogP contribution in [0.5, 0.6) is 5.75 Å². The summed E-state index contributed by atoms with van der Waals surface area (Å²) in [4.78, 5) is 12.0. The first-order valence-corrected chi connectivity index (χ1v) is 13.1. The maximum atomic E-state index is 13.9. The van der Waals surface area contributed by atoms with E-state index >= 15 is 0 Å². The van der Waals surface area contributed by atoms with Crippen molar-refractivity contribution in [2.24, 2.45) is 0 Å². The number of nitrogens with zero attached hydrogens (tertiary/aromatic N) is 1. The third-order valence-electron chi connectivity index (χ3n) is 6.57. The maximum absolute atomic E-state index is 13.9. The van der Waals surface area contributed by atoms with Crippen LogP contribution in [0.15, 0.2) is 51.8 Å². The largest absolute Gasteiger partial charge is 0.488 e. The first-order chi connectivity index (χ1) is 15.0. The van der Waals surface area contributed by atoms with E-state index in [1.54, 1.807) is 12.1 Å². The number of hydrogen-bond acceptors (Lipinski definition) is 4. The number of halogens is 1. The Morgan fingerprint density at radius 2 is 1.75 bits per heavy atom. The van der Waals surface area contributed by atoms with E-state index in [2.05, 4.69) is 15.9 Å². The van der Waals surface area contributed by atoms with Crippen molar-refractivity contribution in [1.29, 1.82) is 0 Å². The molecule has 1 N–H and O–H groups in total. The third kappa shape index (κ3) is 4.32. The molecular weight excluding hydrogens is 494 g/mol. The lowest BCUT2D eigenvalue weighted by Crippen LogP contribution is -2.50. The van der Waals surface area contributed by atoms with Gasteiger partial charge < -0.3 is 9.84 Å². The number of aliphatic carboxylic acids is 1. The van der Waals surface area contributed by atoms with Crippen LogP contribution < -0.4 is 4.74 Å². The molecule has 0 saturated heterocycles. The normalized spacial score (nSPS) is 19.4. The molecular formula is C24H28BrNO5S. The minimum atomic E-state index is -4.07. The van der Waals surface area contributed by atoms with Crippen LogP contribution in [0.1, 0.15) is 57.1 Å². The first kappa shape index (κ1) is 23.3. The van der Waals surface area contributed by atoms with Crippen molar-refractivity contribution in [3.63, 3.8) is 0 Å². The highest BCUT2D eigenvalue weighted by atomic mass is 79.9. The van der Waals surface area contributed by atoms with Crippen LogP contribution in [0, 0.1) is 0 Å². The number of carboxylic acid groups (broad SMARTS) is 1. The van der Waals surface area contributed by atoms with Crippen LogP contribution in [-0.4, -0.2) is 35.9 Å². The zero-order valence-corrected chi connectivity index (χ0v) is 20.7. The Hall–Kier alpha value is -1.90. The summed E-state index contributed by atoms with van der Waals surface area (Å²) < 4.78 is 36.0. The van der Waals surface area contributed by atoms with Gasteiger partial charge in [0.25, 0.3) is 0 Å². The zero-order valence-electron chi connectivity index (χ0n) is 18.3. The molecule has 1 saturated carbocycles. The van der Waals surface area contributed by atoms with E-state index in [0.29, 0.717) is 25.0 Å². The van der Waals surface area contributed by atoms with Crippen LogP contribution in [-0.2, 0) is 26.8 Å². The zero-order chi connectivity index (χ0) is 23.1. The number of aryl methyl sites for hydroxylation is 1. The molecule has 1 aliphatic heterocycles. The van der Waals surface area contributed by atoms with Crippen LogP contribution in [0.3, 0.4) is 0 Å². The lowest BCUT2D eigenvalue weighted by atomic mass is 9.88. The van der Waals surface area contributed by atoms with Crippen molar-refractivity contribution >= 4 is 31.9 Å². The molecule has 0 unspecified atom stereocenters. The van der Waals surface area contributed by atoms with E-state index in [4.69, 9.17) is 4.74 Å². The molecule has 8 heteroatoms. The van der Waals surface area contributed by atoms with Gasteiger partial charge in [0.05, 0.1) is 10.4 Å². The molecule has 0 atom stereocenters. The minimum absolute atomic E-state index is 0.115. The summed E-state index contributed by atoms with van der Waals surface area (Å²) in [6.45, 7) is 3.44. The van der Waals surface area contributed by atoms with Gasteiger partial charge in [-0.25, -0.2) is 8.42 Å². The summed E-state index contributed by atoms with van der Waals surface area (Å²) in [7, 11) is -4.07. The molecule has 6 nitrogen and oxygen atoms in total. The average molecular weight is 522 g/mol. The second kappa shape index (κ2) is 8.47. The number of sulfonamides is 1. The topological polar surface area (TPSA) is 83.9 Å². The number of fused-ring (bicyclic) bond motifs is 1. The molecule has 0 amide bonds. The standard InChI is InChI=1S/C24H28BrNO5S/c1-23(2)14-11-17-15-20(9-10-21(17)31-23)32(29,30)26(16-22(27)28)24(12-3-4-13-24)18-5-7-19(25)8-6-18/h5-10,15H,3-4,11-14,16H2,1-2H3,(H,27,28). The first-order valence-electron chi connectivity index (χ1n) is 10.9. The molecule has 4 rings (SSSR count). The van der Waals surface area contributed by atoms with Crippen molar-refractivity contribution in [3.8, 4) is 5.75 Å². The fraction of sp³-hybridized carbons (Fsp3) is 0.458. The minimum Gasteiger partial charge on any atom is -0.488 e. The number of benzene rings is 2. The molecule has 0 spiro atoms. The van der Waals surface area contributed by atoms with Gasteiger partial charge in [-0.3, -0.25) is 4.79 Å². The van der Waals surface area contributed by atoms with E-state index in [1.165, 1.54) is 10.4 Å². The smallest absolute Gasteiger partial charge is 0.318 e. The summed E-state index contributed by atoms with van der Waals surface area (Å²) >= 11 is 3.43. The number of rotatable bonds is 6. The fourth-order valence-electron chi connectivity index (χ4n) is 4.91. The molecule has 0 bridgehead atoms. The van der Waals surface area contributed by atoms with E-state index < -0.39 is 28.1 Å². The Bertz CT molecular complexity index is 1120. The second-order valence-electron chi connectivity index (χ2n) is 9.28. The number of carbonyl (C=O) groups is 1. The Balaban J connectivity index is 1.80. The maximum Gasteiger partial charge on any atom is 0.318 e. The van der Waals surface area contributed by atoms with Crippen LogP contribution in [0.25, 0.3) is 0 Å². The van der Waals surface area contributed by atoms with Gasteiger partial charge in [0, 0.05) is 4.47 Å². The quantitative estimate of drug-likeness (QED) is 0.571.